The van der Waals surface area contributed by atoms with Crippen molar-refractivity contribution in [3.8, 4) is 0 Å². The maximum absolute atomic E-state index is 12.3. The summed E-state index contributed by atoms with van der Waals surface area (Å²) >= 11 is 5.64. The van der Waals surface area contributed by atoms with Crippen LogP contribution in [0.5, 0.6) is 0 Å². The van der Waals surface area contributed by atoms with Crippen LogP contribution in [0.2, 0.25) is 0 Å². The molecule has 0 spiro atoms. The van der Waals surface area contributed by atoms with Gasteiger partial charge in [-0.2, -0.15) is 0 Å². The average Bonchev–Trinajstić information content (AvgIpc) is 2.81. The first-order valence-electron chi connectivity index (χ1n) is 7.36. The molecule has 2 aliphatic rings. The molecule has 0 radical (unpaired) electrons. The lowest BCUT2D eigenvalue weighted by Crippen LogP contribution is -2.49. The summed E-state index contributed by atoms with van der Waals surface area (Å²) in [5.74, 6) is -0.356. The van der Waals surface area contributed by atoms with Crippen LogP contribution in [0, 0.1) is 0 Å². The van der Waals surface area contributed by atoms with E-state index >= 15 is 0 Å². The zero-order valence-corrected chi connectivity index (χ0v) is 13.1. The van der Waals surface area contributed by atoms with E-state index in [2.05, 4.69) is 15.3 Å². The van der Waals surface area contributed by atoms with Crippen LogP contribution in [0.3, 0.4) is 0 Å². The lowest BCUT2D eigenvalue weighted by Gasteiger charge is -2.32. The standard InChI is InChI=1S/C14H16ClN5O3/c15-2-6-20-13(22)11-7-9(1-5-19(11)14(20)23)18-12(21)10-8-16-3-4-17-10/h3-4,8-9,11H,1-2,5-7H2,(H,18,21). The fraction of sp³-hybridized carbons (Fsp3) is 0.500. The number of nitrogens with one attached hydrogen (secondary N) is 1. The molecule has 122 valence electrons. The second-order valence-corrected chi connectivity index (χ2v) is 5.83. The maximum atomic E-state index is 12.3. The minimum atomic E-state index is -0.522. The van der Waals surface area contributed by atoms with Crippen LogP contribution in [0.25, 0.3) is 0 Å². The van der Waals surface area contributed by atoms with Crippen molar-refractivity contribution in [1.29, 1.82) is 0 Å². The molecule has 0 aromatic carbocycles. The zero-order chi connectivity index (χ0) is 16.4. The van der Waals surface area contributed by atoms with Gasteiger partial charge in [0.1, 0.15) is 11.7 Å². The molecule has 0 saturated carbocycles. The van der Waals surface area contributed by atoms with E-state index in [-0.39, 0.29) is 42.0 Å². The second-order valence-electron chi connectivity index (χ2n) is 5.46. The first-order valence-corrected chi connectivity index (χ1v) is 7.90. The number of piperidine rings is 1. The van der Waals surface area contributed by atoms with Crippen molar-refractivity contribution in [2.75, 3.05) is 19.0 Å². The predicted octanol–water partition coefficient (Wildman–Crippen LogP) is 0.240. The summed E-state index contributed by atoms with van der Waals surface area (Å²) in [6.07, 6.45) is 5.31. The molecule has 8 nitrogen and oxygen atoms in total. The molecule has 1 aromatic heterocycles. The molecule has 4 amide bonds. The van der Waals surface area contributed by atoms with Gasteiger partial charge in [-0.3, -0.25) is 19.5 Å². The molecule has 2 unspecified atom stereocenters. The number of alkyl halides is 1. The second kappa shape index (κ2) is 6.49. The molecule has 3 rings (SSSR count). The molecule has 23 heavy (non-hydrogen) atoms. The fourth-order valence-corrected chi connectivity index (χ4v) is 3.12. The molecule has 2 aliphatic heterocycles. The first kappa shape index (κ1) is 15.7. The van der Waals surface area contributed by atoms with Gasteiger partial charge in [0, 0.05) is 37.4 Å². The van der Waals surface area contributed by atoms with Crippen molar-refractivity contribution in [3.63, 3.8) is 0 Å². The summed E-state index contributed by atoms with van der Waals surface area (Å²) in [6.45, 7) is 0.641. The number of nitrogens with zero attached hydrogens (tertiary/aromatic N) is 4. The Morgan fingerprint density at radius 1 is 1.39 bits per heavy atom. The van der Waals surface area contributed by atoms with Gasteiger partial charge in [0.25, 0.3) is 11.8 Å². The van der Waals surface area contributed by atoms with Gasteiger partial charge in [0.2, 0.25) is 0 Å². The molecular formula is C14H16ClN5O3. The number of carbonyl (C=O) groups is 3. The third-order valence-corrected chi connectivity index (χ3v) is 4.24. The molecule has 2 atom stereocenters. The summed E-state index contributed by atoms with van der Waals surface area (Å²) in [5, 5.41) is 2.85. The van der Waals surface area contributed by atoms with Crippen molar-refractivity contribution in [1.82, 2.24) is 25.1 Å². The van der Waals surface area contributed by atoms with Crippen LogP contribution in [0.15, 0.2) is 18.6 Å². The van der Waals surface area contributed by atoms with Crippen LogP contribution in [-0.2, 0) is 4.79 Å². The number of amides is 4. The largest absolute Gasteiger partial charge is 0.348 e. The lowest BCUT2D eigenvalue weighted by atomic mass is 9.98. The summed E-state index contributed by atoms with van der Waals surface area (Å²) in [7, 11) is 0. The molecule has 2 saturated heterocycles. The Balaban J connectivity index is 1.65. The van der Waals surface area contributed by atoms with Gasteiger partial charge in [-0.1, -0.05) is 0 Å². The predicted molar refractivity (Wildman–Crippen MR) is 80.8 cm³/mol. The Morgan fingerprint density at radius 2 is 2.22 bits per heavy atom. The number of hydrogen-bond donors (Lipinski definition) is 1. The third kappa shape index (κ3) is 2.98. The summed E-state index contributed by atoms with van der Waals surface area (Å²) in [6, 6.07) is -0.996. The summed E-state index contributed by atoms with van der Waals surface area (Å²) in [5.41, 5.74) is 0.229. The van der Waals surface area contributed by atoms with Crippen LogP contribution < -0.4 is 5.32 Å². The van der Waals surface area contributed by atoms with Crippen LogP contribution in [-0.4, -0.2) is 68.7 Å². The number of fused-ring (bicyclic) bond motifs is 1. The van der Waals surface area contributed by atoms with Gasteiger partial charge in [-0.25, -0.2) is 9.78 Å². The minimum Gasteiger partial charge on any atom is -0.348 e. The van der Waals surface area contributed by atoms with E-state index in [9.17, 15) is 14.4 Å². The number of carbonyl (C=O) groups excluding carboxylic acids is 3. The van der Waals surface area contributed by atoms with Crippen molar-refractivity contribution < 1.29 is 14.4 Å². The third-order valence-electron chi connectivity index (χ3n) is 4.07. The van der Waals surface area contributed by atoms with Gasteiger partial charge in [-0.05, 0) is 12.8 Å². The van der Waals surface area contributed by atoms with E-state index in [0.717, 1.165) is 0 Å². The van der Waals surface area contributed by atoms with E-state index in [1.807, 2.05) is 0 Å². The van der Waals surface area contributed by atoms with Crippen molar-refractivity contribution in [3.05, 3.63) is 24.3 Å². The topological polar surface area (TPSA) is 95.5 Å². The molecule has 0 aliphatic carbocycles. The Bertz CT molecular complexity index is 626. The molecule has 9 heteroatoms. The lowest BCUT2D eigenvalue weighted by molar-refractivity contribution is -0.128. The van der Waals surface area contributed by atoms with E-state index in [1.54, 1.807) is 4.90 Å². The van der Waals surface area contributed by atoms with E-state index < -0.39 is 6.04 Å². The van der Waals surface area contributed by atoms with E-state index in [0.29, 0.717) is 19.4 Å². The highest BCUT2D eigenvalue weighted by molar-refractivity contribution is 6.18. The van der Waals surface area contributed by atoms with E-state index in [1.165, 1.54) is 23.5 Å². The molecule has 1 aromatic rings. The van der Waals surface area contributed by atoms with Gasteiger partial charge in [-0.15, -0.1) is 11.6 Å². The van der Waals surface area contributed by atoms with Crippen LogP contribution >= 0.6 is 11.6 Å². The first-order chi connectivity index (χ1) is 11.1. The molecule has 1 N–H and O–H groups in total. The number of imide groups is 1. The van der Waals surface area contributed by atoms with Crippen molar-refractivity contribution in [2.24, 2.45) is 0 Å². The minimum absolute atomic E-state index is 0.182. The normalized spacial score (nSPS) is 23.9. The Kier molecular flexibility index (Phi) is 4.42. The SMILES string of the molecule is O=C(NC1CCN2C(=O)N(CCCl)C(=O)C2C1)c1cnccn1. The highest BCUT2D eigenvalue weighted by atomic mass is 35.5. The van der Waals surface area contributed by atoms with Crippen LogP contribution in [0.1, 0.15) is 23.3 Å². The Hall–Kier alpha value is -2.22. The summed E-state index contributed by atoms with van der Waals surface area (Å²) in [4.78, 5) is 47.1. The molecule has 0 bridgehead atoms. The average molecular weight is 338 g/mol. The molecule has 2 fully saturated rings. The number of halogens is 1. The number of aromatic nitrogens is 2. The number of rotatable bonds is 4. The van der Waals surface area contributed by atoms with Gasteiger partial charge < -0.3 is 10.2 Å². The molecule has 3 heterocycles. The highest BCUT2D eigenvalue weighted by Gasteiger charge is 2.47. The van der Waals surface area contributed by atoms with Gasteiger partial charge >= 0.3 is 6.03 Å². The van der Waals surface area contributed by atoms with Gasteiger partial charge in [0.15, 0.2) is 0 Å². The van der Waals surface area contributed by atoms with Crippen molar-refractivity contribution in [2.45, 2.75) is 24.9 Å². The van der Waals surface area contributed by atoms with E-state index in [4.69, 9.17) is 11.6 Å². The Morgan fingerprint density at radius 3 is 2.91 bits per heavy atom. The quantitative estimate of drug-likeness (QED) is 0.627. The maximum Gasteiger partial charge on any atom is 0.327 e. The summed E-state index contributed by atoms with van der Waals surface area (Å²) < 4.78 is 0. The fourth-order valence-electron chi connectivity index (χ4n) is 2.95. The van der Waals surface area contributed by atoms with Gasteiger partial charge in [0.05, 0.1) is 6.20 Å². The highest BCUT2D eigenvalue weighted by Crippen LogP contribution is 2.27. The Labute approximate surface area is 137 Å². The van der Waals surface area contributed by atoms with Crippen molar-refractivity contribution >= 4 is 29.4 Å². The smallest absolute Gasteiger partial charge is 0.327 e. The van der Waals surface area contributed by atoms with Crippen LogP contribution in [0.4, 0.5) is 4.79 Å². The molecular weight excluding hydrogens is 322 g/mol. The number of hydrogen-bond acceptors (Lipinski definition) is 5. The monoisotopic (exact) mass is 337 g/mol. The zero-order valence-electron chi connectivity index (χ0n) is 12.3. The number of urea groups is 1.